The summed E-state index contributed by atoms with van der Waals surface area (Å²) in [6, 6.07) is 14.7. The van der Waals surface area contributed by atoms with Gasteiger partial charge in [0.15, 0.2) is 0 Å². The summed E-state index contributed by atoms with van der Waals surface area (Å²) in [5.74, 6) is 1.15. The molecule has 2 aromatic carbocycles. The zero-order valence-electron chi connectivity index (χ0n) is 17.6. The zero-order valence-corrected chi connectivity index (χ0v) is 17.6. The van der Waals surface area contributed by atoms with Crippen LogP contribution in [0.5, 0.6) is 11.5 Å². The Labute approximate surface area is 172 Å². The molecule has 0 aliphatic heterocycles. The highest BCUT2D eigenvalue weighted by atomic mass is 16.5. The maximum Gasteiger partial charge on any atom is 0.255 e. The maximum absolute atomic E-state index is 12.6. The Morgan fingerprint density at radius 2 is 1.72 bits per heavy atom. The molecule has 6 nitrogen and oxygen atoms in total. The van der Waals surface area contributed by atoms with Crippen LogP contribution in [0.15, 0.2) is 48.5 Å². The van der Waals surface area contributed by atoms with Gasteiger partial charge >= 0.3 is 0 Å². The van der Waals surface area contributed by atoms with E-state index < -0.39 is 0 Å². The highest BCUT2D eigenvalue weighted by molar-refractivity contribution is 5.96. The Hall–Kier alpha value is -3.02. The number of hydrogen-bond donors (Lipinski definition) is 1. The molecule has 0 aliphatic carbocycles. The predicted molar refractivity (Wildman–Crippen MR) is 113 cm³/mol. The Bertz CT molecular complexity index is 822. The summed E-state index contributed by atoms with van der Waals surface area (Å²) in [5.41, 5.74) is 1.47. The maximum atomic E-state index is 12.6. The number of nitrogens with zero attached hydrogens (tertiary/aromatic N) is 1. The average molecular weight is 399 g/mol. The summed E-state index contributed by atoms with van der Waals surface area (Å²) >= 11 is 0. The summed E-state index contributed by atoms with van der Waals surface area (Å²) in [6.07, 6.45) is 0.910. The van der Waals surface area contributed by atoms with Crippen molar-refractivity contribution in [1.82, 2.24) is 10.2 Å². The fourth-order valence-electron chi connectivity index (χ4n) is 3.08. The first-order valence-electron chi connectivity index (χ1n) is 9.88. The molecule has 29 heavy (non-hydrogen) atoms. The van der Waals surface area contributed by atoms with E-state index in [0.29, 0.717) is 37.3 Å². The first-order valence-corrected chi connectivity index (χ1v) is 9.88. The van der Waals surface area contributed by atoms with Gasteiger partial charge in [-0.1, -0.05) is 30.3 Å². The Morgan fingerprint density at radius 1 is 1.07 bits per heavy atom. The molecule has 0 aliphatic rings. The lowest BCUT2D eigenvalue weighted by Gasteiger charge is -2.26. The summed E-state index contributed by atoms with van der Waals surface area (Å²) in [7, 11) is 3.41. The molecule has 0 spiro atoms. The summed E-state index contributed by atoms with van der Waals surface area (Å²) in [4.78, 5) is 26.7. The van der Waals surface area contributed by atoms with Crippen molar-refractivity contribution < 1.29 is 19.1 Å². The molecule has 1 N–H and O–H groups in total. The van der Waals surface area contributed by atoms with Gasteiger partial charge < -0.3 is 19.7 Å². The molecule has 0 radical (unpaired) electrons. The minimum atomic E-state index is -0.197. The smallest absolute Gasteiger partial charge is 0.255 e. The standard InChI is InChI=1S/C23H30N2O4/c1-5-29-21-14-9-7-12-19(21)23(27)24-16-10-15-22(26)25(3)17(2)18-11-6-8-13-20(18)28-4/h6-9,11-14,17H,5,10,15-16H2,1-4H3,(H,24,27). The van der Waals surface area contributed by atoms with Crippen molar-refractivity contribution in [1.29, 1.82) is 0 Å². The van der Waals surface area contributed by atoms with E-state index in [-0.39, 0.29) is 17.9 Å². The Morgan fingerprint density at radius 3 is 2.41 bits per heavy atom. The van der Waals surface area contributed by atoms with Gasteiger partial charge in [0.1, 0.15) is 11.5 Å². The quantitative estimate of drug-likeness (QED) is 0.618. The van der Waals surface area contributed by atoms with Crippen molar-refractivity contribution >= 4 is 11.8 Å². The fourth-order valence-corrected chi connectivity index (χ4v) is 3.08. The molecule has 0 saturated heterocycles. The lowest BCUT2D eigenvalue weighted by molar-refractivity contribution is -0.131. The lowest BCUT2D eigenvalue weighted by atomic mass is 10.1. The number of hydrogen-bond acceptors (Lipinski definition) is 4. The molecule has 2 aromatic rings. The highest BCUT2D eigenvalue weighted by Crippen LogP contribution is 2.28. The van der Waals surface area contributed by atoms with Crippen LogP contribution in [0.2, 0.25) is 0 Å². The van der Waals surface area contributed by atoms with Crippen LogP contribution in [-0.4, -0.2) is 44.0 Å². The monoisotopic (exact) mass is 398 g/mol. The number of rotatable bonds is 10. The van der Waals surface area contributed by atoms with Crippen LogP contribution in [-0.2, 0) is 4.79 Å². The second kappa shape index (κ2) is 11.1. The van der Waals surface area contributed by atoms with E-state index in [0.717, 1.165) is 11.3 Å². The average Bonchev–Trinajstić information content (AvgIpc) is 2.75. The van der Waals surface area contributed by atoms with Crippen LogP contribution in [0, 0.1) is 0 Å². The van der Waals surface area contributed by atoms with Crippen LogP contribution in [0.3, 0.4) is 0 Å². The second-order valence-electron chi connectivity index (χ2n) is 6.71. The van der Waals surface area contributed by atoms with Gasteiger partial charge in [-0.2, -0.15) is 0 Å². The molecule has 0 fully saturated rings. The van der Waals surface area contributed by atoms with Gasteiger partial charge in [-0.15, -0.1) is 0 Å². The number of methoxy groups -OCH3 is 1. The third kappa shape index (κ3) is 5.98. The molecule has 1 atom stereocenters. The number of benzene rings is 2. The lowest BCUT2D eigenvalue weighted by Crippen LogP contribution is -2.31. The van der Waals surface area contributed by atoms with Crippen LogP contribution in [0.1, 0.15) is 48.7 Å². The highest BCUT2D eigenvalue weighted by Gasteiger charge is 2.20. The van der Waals surface area contributed by atoms with Gasteiger partial charge in [0.25, 0.3) is 5.91 Å². The summed E-state index contributed by atoms with van der Waals surface area (Å²) in [6.45, 7) is 4.77. The number of para-hydroxylation sites is 2. The SMILES string of the molecule is CCOc1ccccc1C(=O)NCCCC(=O)N(C)C(C)c1ccccc1OC. The molecular weight excluding hydrogens is 368 g/mol. The van der Waals surface area contributed by atoms with Crippen molar-refractivity contribution in [2.24, 2.45) is 0 Å². The largest absolute Gasteiger partial charge is 0.496 e. The third-order valence-electron chi connectivity index (χ3n) is 4.85. The molecular formula is C23H30N2O4. The minimum absolute atomic E-state index is 0.0207. The molecule has 156 valence electrons. The van der Waals surface area contributed by atoms with Crippen LogP contribution >= 0.6 is 0 Å². The van der Waals surface area contributed by atoms with E-state index in [1.165, 1.54) is 0 Å². The van der Waals surface area contributed by atoms with Gasteiger partial charge in [-0.3, -0.25) is 9.59 Å². The third-order valence-corrected chi connectivity index (χ3v) is 4.85. The number of ether oxygens (including phenoxy) is 2. The first kappa shape index (κ1) is 22.3. The van der Waals surface area contributed by atoms with Crippen LogP contribution < -0.4 is 14.8 Å². The number of carbonyl (C=O) groups is 2. The van der Waals surface area contributed by atoms with E-state index in [1.54, 1.807) is 37.3 Å². The van der Waals surface area contributed by atoms with Gasteiger partial charge in [0, 0.05) is 25.6 Å². The molecule has 6 heteroatoms. The minimum Gasteiger partial charge on any atom is -0.496 e. The van der Waals surface area contributed by atoms with Gasteiger partial charge in [-0.05, 0) is 38.5 Å². The predicted octanol–water partition coefficient (Wildman–Crippen LogP) is 3.82. The van der Waals surface area contributed by atoms with Crippen LogP contribution in [0.25, 0.3) is 0 Å². The second-order valence-corrected chi connectivity index (χ2v) is 6.71. The first-order chi connectivity index (χ1) is 14.0. The Kier molecular flexibility index (Phi) is 8.52. The molecule has 0 aromatic heterocycles. The topological polar surface area (TPSA) is 67.9 Å². The summed E-state index contributed by atoms with van der Waals surface area (Å²) < 4.78 is 10.9. The number of carbonyl (C=O) groups excluding carboxylic acids is 2. The van der Waals surface area contributed by atoms with E-state index >= 15 is 0 Å². The molecule has 2 rings (SSSR count). The van der Waals surface area contributed by atoms with Crippen molar-refractivity contribution in [3.8, 4) is 11.5 Å². The number of amides is 2. The van der Waals surface area contributed by atoms with E-state index in [4.69, 9.17) is 9.47 Å². The van der Waals surface area contributed by atoms with Crippen molar-refractivity contribution in [2.75, 3.05) is 27.3 Å². The van der Waals surface area contributed by atoms with Crippen molar-refractivity contribution in [3.05, 3.63) is 59.7 Å². The molecule has 0 saturated carbocycles. The van der Waals surface area contributed by atoms with E-state index in [2.05, 4.69) is 5.32 Å². The van der Waals surface area contributed by atoms with Gasteiger partial charge in [0.05, 0.1) is 25.3 Å². The normalized spacial score (nSPS) is 11.4. The Balaban J connectivity index is 1.84. The van der Waals surface area contributed by atoms with Crippen molar-refractivity contribution in [2.45, 2.75) is 32.7 Å². The van der Waals surface area contributed by atoms with Crippen LogP contribution in [0.4, 0.5) is 0 Å². The zero-order chi connectivity index (χ0) is 21.2. The molecule has 0 bridgehead atoms. The molecule has 0 heterocycles. The fraction of sp³-hybridized carbons (Fsp3) is 0.391. The van der Waals surface area contributed by atoms with Gasteiger partial charge in [-0.25, -0.2) is 0 Å². The number of nitrogens with one attached hydrogen (secondary N) is 1. The van der Waals surface area contributed by atoms with E-state index in [1.807, 2.05) is 44.2 Å². The van der Waals surface area contributed by atoms with Crippen molar-refractivity contribution in [3.63, 3.8) is 0 Å². The summed E-state index contributed by atoms with van der Waals surface area (Å²) in [5, 5.41) is 2.86. The molecule has 2 amide bonds. The van der Waals surface area contributed by atoms with E-state index in [9.17, 15) is 9.59 Å². The van der Waals surface area contributed by atoms with Gasteiger partial charge in [0.2, 0.25) is 5.91 Å². The molecule has 1 unspecified atom stereocenters.